The predicted molar refractivity (Wildman–Crippen MR) is 81.8 cm³/mol. The normalized spacial score (nSPS) is 13.9. The molecule has 5 nitrogen and oxygen atoms in total. The van der Waals surface area contributed by atoms with Gasteiger partial charge in [-0.25, -0.2) is 4.99 Å². The lowest BCUT2D eigenvalue weighted by atomic mass is 9.88. The SMILES string of the molecule is CC(N=C(NC#N)Nc1ccc(OC(F)(F)F)cc1)C(C)(C)C. The second-order valence-corrected chi connectivity index (χ2v) is 5.95. The van der Waals surface area contributed by atoms with E-state index in [-0.39, 0.29) is 23.2 Å². The van der Waals surface area contributed by atoms with Crippen molar-refractivity contribution in [2.24, 2.45) is 10.4 Å². The molecule has 1 unspecified atom stereocenters. The highest BCUT2D eigenvalue weighted by molar-refractivity contribution is 5.94. The zero-order valence-electron chi connectivity index (χ0n) is 13.3. The number of anilines is 1. The molecule has 23 heavy (non-hydrogen) atoms. The lowest BCUT2D eigenvalue weighted by Crippen LogP contribution is -2.31. The number of nitriles is 1. The maximum atomic E-state index is 12.1. The van der Waals surface area contributed by atoms with Gasteiger partial charge in [0.25, 0.3) is 0 Å². The molecule has 2 N–H and O–H groups in total. The number of guanidine groups is 1. The Balaban J connectivity index is 2.85. The van der Waals surface area contributed by atoms with Crippen LogP contribution in [0.1, 0.15) is 27.7 Å². The Kier molecular flexibility index (Phi) is 5.85. The van der Waals surface area contributed by atoms with E-state index in [1.54, 1.807) is 6.19 Å². The van der Waals surface area contributed by atoms with Gasteiger partial charge in [0.2, 0.25) is 5.96 Å². The summed E-state index contributed by atoms with van der Waals surface area (Å²) in [6.07, 6.45) is -2.96. The van der Waals surface area contributed by atoms with Gasteiger partial charge in [-0.3, -0.25) is 5.32 Å². The Morgan fingerprint density at radius 2 is 1.78 bits per heavy atom. The summed E-state index contributed by atoms with van der Waals surface area (Å²) in [5.41, 5.74) is 0.371. The van der Waals surface area contributed by atoms with Gasteiger partial charge in [-0.05, 0) is 36.6 Å². The van der Waals surface area contributed by atoms with E-state index >= 15 is 0 Å². The first kappa shape index (κ1) is 18.6. The first-order valence-corrected chi connectivity index (χ1v) is 6.87. The van der Waals surface area contributed by atoms with Crippen LogP contribution in [-0.4, -0.2) is 18.4 Å². The number of alkyl halides is 3. The maximum Gasteiger partial charge on any atom is 0.573 e. The quantitative estimate of drug-likeness (QED) is 0.383. The van der Waals surface area contributed by atoms with E-state index in [0.717, 1.165) is 0 Å². The molecule has 0 aromatic heterocycles. The van der Waals surface area contributed by atoms with Crippen molar-refractivity contribution in [2.75, 3.05) is 5.32 Å². The number of aliphatic imine (C=N–C) groups is 1. The van der Waals surface area contributed by atoms with Crippen LogP contribution in [0.2, 0.25) is 0 Å². The molecule has 0 saturated heterocycles. The largest absolute Gasteiger partial charge is 0.573 e. The summed E-state index contributed by atoms with van der Waals surface area (Å²) >= 11 is 0. The van der Waals surface area contributed by atoms with Crippen molar-refractivity contribution in [1.29, 1.82) is 5.26 Å². The summed E-state index contributed by atoms with van der Waals surface area (Å²) in [5.74, 6) is -0.0998. The lowest BCUT2D eigenvalue weighted by molar-refractivity contribution is -0.274. The molecule has 0 radical (unpaired) electrons. The van der Waals surface area contributed by atoms with Gasteiger partial charge >= 0.3 is 6.36 Å². The summed E-state index contributed by atoms with van der Waals surface area (Å²) in [4.78, 5) is 4.38. The first-order chi connectivity index (χ1) is 10.5. The summed E-state index contributed by atoms with van der Waals surface area (Å²) in [6, 6.07) is 5.06. The first-order valence-electron chi connectivity index (χ1n) is 6.87. The molecule has 1 atom stereocenters. The average molecular weight is 328 g/mol. The molecular weight excluding hydrogens is 309 g/mol. The van der Waals surface area contributed by atoms with Gasteiger partial charge in [0.15, 0.2) is 6.19 Å². The predicted octanol–water partition coefficient (Wildman–Crippen LogP) is 3.86. The molecular formula is C15H19F3N4O. The molecule has 0 fully saturated rings. The molecule has 0 saturated carbocycles. The van der Waals surface area contributed by atoms with Crippen LogP contribution < -0.4 is 15.4 Å². The van der Waals surface area contributed by atoms with Crippen molar-refractivity contribution in [1.82, 2.24) is 5.32 Å². The Labute approximate surface area is 133 Å². The van der Waals surface area contributed by atoms with Crippen LogP contribution in [0, 0.1) is 16.9 Å². The van der Waals surface area contributed by atoms with Crippen LogP contribution in [0.25, 0.3) is 0 Å². The highest BCUT2D eigenvalue weighted by Crippen LogP contribution is 2.24. The highest BCUT2D eigenvalue weighted by Gasteiger charge is 2.31. The number of nitrogens with one attached hydrogen (secondary N) is 2. The standard InChI is InChI=1S/C15H19F3N4O/c1-10(14(2,3)4)21-13(20-9-19)22-11-5-7-12(8-6-11)23-15(16,17)18/h5-8,10H,1-4H3,(H2,20,21,22). The highest BCUT2D eigenvalue weighted by atomic mass is 19.4. The molecule has 0 spiro atoms. The number of benzene rings is 1. The Morgan fingerprint density at radius 3 is 2.22 bits per heavy atom. The lowest BCUT2D eigenvalue weighted by Gasteiger charge is -2.24. The van der Waals surface area contributed by atoms with E-state index in [2.05, 4.69) is 20.4 Å². The number of rotatable bonds is 3. The van der Waals surface area contributed by atoms with Gasteiger partial charge in [0.1, 0.15) is 5.75 Å². The third-order valence-electron chi connectivity index (χ3n) is 3.10. The van der Waals surface area contributed by atoms with Crippen LogP contribution in [0.15, 0.2) is 29.3 Å². The molecule has 0 amide bonds. The molecule has 0 bridgehead atoms. The fourth-order valence-electron chi connectivity index (χ4n) is 1.41. The number of hydrogen-bond donors (Lipinski definition) is 2. The third kappa shape index (κ3) is 6.91. The third-order valence-corrected chi connectivity index (χ3v) is 3.10. The minimum absolute atomic E-state index is 0.0846. The van der Waals surface area contributed by atoms with E-state index in [4.69, 9.17) is 5.26 Å². The van der Waals surface area contributed by atoms with E-state index < -0.39 is 6.36 Å². The minimum Gasteiger partial charge on any atom is -0.406 e. The average Bonchev–Trinajstić information content (AvgIpc) is 2.38. The van der Waals surface area contributed by atoms with E-state index in [1.165, 1.54) is 24.3 Å². The number of hydrogen-bond acceptors (Lipinski definition) is 3. The van der Waals surface area contributed by atoms with E-state index in [0.29, 0.717) is 5.69 Å². The molecule has 0 aliphatic rings. The molecule has 1 aromatic carbocycles. The van der Waals surface area contributed by atoms with Gasteiger partial charge in [-0.15, -0.1) is 13.2 Å². The number of nitrogens with zero attached hydrogens (tertiary/aromatic N) is 2. The fourth-order valence-corrected chi connectivity index (χ4v) is 1.41. The summed E-state index contributed by atoms with van der Waals surface area (Å²) in [7, 11) is 0. The van der Waals surface area contributed by atoms with E-state index in [9.17, 15) is 13.2 Å². The molecule has 0 aliphatic carbocycles. The van der Waals surface area contributed by atoms with Gasteiger partial charge in [-0.1, -0.05) is 20.8 Å². The summed E-state index contributed by atoms with van der Waals surface area (Å²) in [5, 5.41) is 14.0. The second kappa shape index (κ2) is 7.22. The van der Waals surface area contributed by atoms with Gasteiger partial charge in [0.05, 0.1) is 6.04 Å². The van der Waals surface area contributed by atoms with Crippen molar-refractivity contribution in [2.45, 2.75) is 40.1 Å². The molecule has 1 rings (SSSR count). The molecule has 0 heterocycles. The van der Waals surface area contributed by atoms with Crippen LogP contribution >= 0.6 is 0 Å². The van der Waals surface area contributed by atoms with Crippen molar-refractivity contribution >= 4 is 11.6 Å². The fraction of sp³-hybridized carbons (Fsp3) is 0.467. The molecule has 1 aromatic rings. The Hall–Kier alpha value is -2.43. The topological polar surface area (TPSA) is 69.4 Å². The molecule has 8 heteroatoms. The van der Waals surface area contributed by atoms with Crippen molar-refractivity contribution in [3.05, 3.63) is 24.3 Å². The number of halogens is 3. The molecule has 0 aliphatic heterocycles. The van der Waals surface area contributed by atoms with Crippen molar-refractivity contribution in [3.8, 4) is 11.9 Å². The zero-order valence-corrected chi connectivity index (χ0v) is 13.3. The number of ether oxygens (including phenoxy) is 1. The van der Waals surface area contributed by atoms with Gasteiger partial charge < -0.3 is 10.1 Å². The smallest absolute Gasteiger partial charge is 0.406 e. The van der Waals surface area contributed by atoms with Gasteiger partial charge in [-0.2, -0.15) is 5.26 Å². The molecule has 126 valence electrons. The Morgan fingerprint density at radius 1 is 1.22 bits per heavy atom. The van der Waals surface area contributed by atoms with Crippen LogP contribution in [0.4, 0.5) is 18.9 Å². The van der Waals surface area contributed by atoms with Crippen LogP contribution in [0.5, 0.6) is 5.75 Å². The van der Waals surface area contributed by atoms with Crippen molar-refractivity contribution < 1.29 is 17.9 Å². The zero-order chi connectivity index (χ0) is 17.7. The van der Waals surface area contributed by atoms with Crippen LogP contribution in [0.3, 0.4) is 0 Å². The second-order valence-electron chi connectivity index (χ2n) is 5.95. The summed E-state index contributed by atoms with van der Waals surface area (Å²) < 4.78 is 40.1. The minimum atomic E-state index is -4.73. The van der Waals surface area contributed by atoms with Gasteiger partial charge in [0, 0.05) is 5.69 Å². The van der Waals surface area contributed by atoms with Crippen LogP contribution in [-0.2, 0) is 0 Å². The summed E-state index contributed by atoms with van der Waals surface area (Å²) in [6.45, 7) is 7.93. The monoisotopic (exact) mass is 328 g/mol. The maximum absolute atomic E-state index is 12.1. The van der Waals surface area contributed by atoms with E-state index in [1.807, 2.05) is 27.7 Å². The van der Waals surface area contributed by atoms with Crippen molar-refractivity contribution in [3.63, 3.8) is 0 Å². The Bertz CT molecular complexity index is 583.